The van der Waals surface area contributed by atoms with Crippen molar-refractivity contribution in [2.24, 2.45) is 5.92 Å². The number of carbonyl (C=O) groups is 2. The van der Waals surface area contributed by atoms with Crippen molar-refractivity contribution >= 4 is 23.2 Å². The van der Waals surface area contributed by atoms with Crippen LogP contribution in [0.15, 0.2) is 49.3 Å². The third kappa shape index (κ3) is 4.29. The van der Waals surface area contributed by atoms with Crippen LogP contribution in [0.3, 0.4) is 0 Å². The molecule has 1 unspecified atom stereocenters. The molecule has 1 aliphatic heterocycles. The van der Waals surface area contributed by atoms with Crippen LogP contribution in [-0.4, -0.2) is 49.5 Å². The van der Waals surface area contributed by atoms with Crippen LogP contribution in [-0.2, 0) is 4.79 Å². The first-order valence-electron chi connectivity index (χ1n) is 9.44. The smallest absolute Gasteiger partial charge is 0.229 e. The molecule has 148 valence electrons. The molecule has 0 radical (unpaired) electrons. The highest BCUT2D eigenvalue weighted by Crippen LogP contribution is 2.23. The number of ketones is 1. The number of hydrogen-bond acceptors (Lipinski definition) is 7. The average molecular weight is 391 g/mol. The number of Topliss-reactive ketones (excluding diaryl/α,β-unsaturated/α-hetero) is 1. The summed E-state index contributed by atoms with van der Waals surface area (Å²) in [6, 6.07) is 8.79. The Morgan fingerprint density at radius 1 is 1.10 bits per heavy atom. The molecule has 0 saturated carbocycles. The Morgan fingerprint density at radius 3 is 2.62 bits per heavy atom. The number of piperidine rings is 1. The van der Waals surface area contributed by atoms with Gasteiger partial charge < -0.3 is 10.2 Å². The minimum atomic E-state index is -0.152. The maximum absolute atomic E-state index is 12.8. The second-order valence-corrected chi connectivity index (χ2v) is 6.98. The zero-order chi connectivity index (χ0) is 20.2. The monoisotopic (exact) mass is 391 g/mol. The zero-order valence-electron chi connectivity index (χ0n) is 16.0. The van der Waals surface area contributed by atoms with Crippen LogP contribution in [0.5, 0.6) is 0 Å². The van der Waals surface area contributed by atoms with E-state index < -0.39 is 0 Å². The number of anilines is 2. The number of aromatic nitrogens is 5. The number of carbonyl (C=O) groups excluding carboxylic acids is 2. The second-order valence-electron chi connectivity index (χ2n) is 6.98. The van der Waals surface area contributed by atoms with Gasteiger partial charge >= 0.3 is 0 Å². The van der Waals surface area contributed by atoms with Crippen molar-refractivity contribution in [2.45, 2.75) is 19.8 Å². The second kappa shape index (κ2) is 8.17. The number of hydrogen-bond donors (Lipinski definition) is 1. The standard InChI is InChI=1S/C20H21N7O2/c1-14(28)15-4-6-17(7-5-15)25-20(29)16-3-2-8-26(10-16)18-9-19(23-12-22-18)27-13-21-11-24-27/h4-7,9,11-13,16H,2-3,8,10H2,1H3,(H,25,29). The van der Waals surface area contributed by atoms with Gasteiger partial charge in [-0.05, 0) is 44.0 Å². The molecule has 1 N–H and O–H groups in total. The molecule has 2 aromatic heterocycles. The number of rotatable bonds is 5. The summed E-state index contributed by atoms with van der Waals surface area (Å²) in [7, 11) is 0. The van der Waals surface area contributed by atoms with Crippen molar-refractivity contribution in [3.05, 3.63) is 54.9 Å². The Hall–Kier alpha value is -3.62. The highest BCUT2D eigenvalue weighted by Gasteiger charge is 2.27. The summed E-state index contributed by atoms with van der Waals surface area (Å²) in [6.07, 6.45) is 6.23. The van der Waals surface area contributed by atoms with Gasteiger partial charge in [0.25, 0.3) is 0 Å². The molecule has 9 heteroatoms. The fraction of sp³-hybridized carbons (Fsp3) is 0.300. The highest BCUT2D eigenvalue weighted by atomic mass is 16.2. The van der Waals surface area contributed by atoms with E-state index in [-0.39, 0.29) is 17.6 Å². The topological polar surface area (TPSA) is 106 Å². The molecule has 0 spiro atoms. The number of amides is 1. The zero-order valence-corrected chi connectivity index (χ0v) is 16.0. The first-order chi connectivity index (χ1) is 14.1. The quantitative estimate of drug-likeness (QED) is 0.664. The maximum atomic E-state index is 12.8. The molecule has 3 aromatic rings. The van der Waals surface area contributed by atoms with E-state index in [9.17, 15) is 9.59 Å². The van der Waals surface area contributed by atoms with Crippen molar-refractivity contribution in [1.82, 2.24) is 24.7 Å². The van der Waals surface area contributed by atoms with Crippen molar-refractivity contribution in [3.63, 3.8) is 0 Å². The van der Waals surface area contributed by atoms with Crippen molar-refractivity contribution in [1.29, 1.82) is 0 Å². The molecule has 0 bridgehead atoms. The van der Waals surface area contributed by atoms with E-state index in [4.69, 9.17) is 0 Å². The lowest BCUT2D eigenvalue weighted by atomic mass is 9.97. The third-order valence-corrected chi connectivity index (χ3v) is 4.97. The van der Waals surface area contributed by atoms with Gasteiger partial charge in [-0.15, -0.1) is 0 Å². The third-order valence-electron chi connectivity index (χ3n) is 4.97. The van der Waals surface area contributed by atoms with Crippen LogP contribution in [0.4, 0.5) is 11.5 Å². The van der Waals surface area contributed by atoms with Gasteiger partial charge in [0, 0.05) is 30.4 Å². The van der Waals surface area contributed by atoms with Gasteiger partial charge in [0.1, 0.15) is 24.8 Å². The van der Waals surface area contributed by atoms with E-state index in [1.807, 2.05) is 6.07 Å². The first kappa shape index (κ1) is 18.7. The predicted molar refractivity (Wildman–Crippen MR) is 107 cm³/mol. The van der Waals surface area contributed by atoms with E-state index in [2.05, 4.69) is 30.3 Å². The van der Waals surface area contributed by atoms with Crippen molar-refractivity contribution in [3.8, 4) is 5.82 Å². The molecule has 1 amide bonds. The van der Waals surface area contributed by atoms with Crippen LogP contribution in [0.25, 0.3) is 5.82 Å². The van der Waals surface area contributed by atoms with E-state index in [0.29, 0.717) is 23.6 Å². The molecular formula is C20H21N7O2. The van der Waals surface area contributed by atoms with Gasteiger partial charge in [0.05, 0.1) is 5.92 Å². The van der Waals surface area contributed by atoms with E-state index >= 15 is 0 Å². The highest BCUT2D eigenvalue weighted by molar-refractivity contribution is 5.96. The van der Waals surface area contributed by atoms with Gasteiger partial charge in [-0.3, -0.25) is 9.59 Å². The molecule has 3 heterocycles. The largest absolute Gasteiger partial charge is 0.356 e. The summed E-state index contributed by atoms with van der Waals surface area (Å²) in [6.45, 7) is 2.92. The molecule has 0 aliphatic carbocycles. The summed E-state index contributed by atoms with van der Waals surface area (Å²) in [4.78, 5) is 38.8. The van der Waals surface area contributed by atoms with Gasteiger partial charge in [-0.1, -0.05) is 0 Å². The fourth-order valence-corrected chi connectivity index (χ4v) is 3.39. The average Bonchev–Trinajstić information content (AvgIpc) is 3.29. The minimum absolute atomic E-state index is 0.000844. The van der Waals surface area contributed by atoms with Crippen LogP contribution < -0.4 is 10.2 Å². The summed E-state index contributed by atoms with van der Waals surface area (Å²) in [5, 5.41) is 7.04. The van der Waals surface area contributed by atoms with Crippen molar-refractivity contribution in [2.75, 3.05) is 23.3 Å². The molecule has 1 aliphatic rings. The van der Waals surface area contributed by atoms with Gasteiger partial charge in [-0.25, -0.2) is 19.6 Å². The van der Waals surface area contributed by atoms with Gasteiger partial charge in [0.2, 0.25) is 5.91 Å². The van der Waals surface area contributed by atoms with Gasteiger partial charge in [0.15, 0.2) is 11.6 Å². The first-order valence-corrected chi connectivity index (χ1v) is 9.44. The van der Waals surface area contributed by atoms with Crippen LogP contribution in [0, 0.1) is 5.92 Å². The predicted octanol–water partition coefficient (Wildman–Crippen LogP) is 2.11. The normalized spacial score (nSPS) is 16.4. The van der Waals surface area contributed by atoms with Crippen molar-refractivity contribution < 1.29 is 9.59 Å². The summed E-state index contributed by atoms with van der Waals surface area (Å²) >= 11 is 0. The lowest BCUT2D eigenvalue weighted by Crippen LogP contribution is -2.41. The molecular weight excluding hydrogens is 370 g/mol. The Bertz CT molecular complexity index is 1000. The maximum Gasteiger partial charge on any atom is 0.229 e. The van der Waals surface area contributed by atoms with E-state index in [1.54, 1.807) is 35.3 Å². The summed E-state index contributed by atoms with van der Waals surface area (Å²) in [5.74, 6) is 1.20. The Kier molecular flexibility index (Phi) is 5.28. The van der Waals surface area contributed by atoms with Crippen LogP contribution in [0.1, 0.15) is 30.1 Å². The minimum Gasteiger partial charge on any atom is -0.356 e. The molecule has 29 heavy (non-hydrogen) atoms. The summed E-state index contributed by atoms with van der Waals surface area (Å²) in [5.41, 5.74) is 1.31. The SMILES string of the molecule is CC(=O)c1ccc(NC(=O)C2CCCN(c3cc(-n4cncn4)ncn3)C2)cc1. The Labute approximate surface area is 167 Å². The number of nitrogens with zero attached hydrogens (tertiary/aromatic N) is 6. The lowest BCUT2D eigenvalue weighted by Gasteiger charge is -2.32. The van der Waals surface area contributed by atoms with E-state index in [1.165, 1.54) is 19.6 Å². The molecule has 1 fully saturated rings. The van der Waals surface area contributed by atoms with Gasteiger partial charge in [-0.2, -0.15) is 5.10 Å². The molecule has 1 atom stereocenters. The van der Waals surface area contributed by atoms with E-state index in [0.717, 1.165) is 25.2 Å². The Balaban J connectivity index is 1.43. The number of nitrogens with one attached hydrogen (secondary N) is 1. The fourth-order valence-electron chi connectivity index (χ4n) is 3.39. The van der Waals surface area contributed by atoms with Crippen LogP contribution in [0.2, 0.25) is 0 Å². The lowest BCUT2D eigenvalue weighted by molar-refractivity contribution is -0.120. The molecule has 4 rings (SSSR count). The summed E-state index contributed by atoms with van der Waals surface area (Å²) < 4.78 is 1.57. The Morgan fingerprint density at radius 2 is 1.90 bits per heavy atom. The number of benzene rings is 1. The molecule has 1 aromatic carbocycles. The van der Waals surface area contributed by atoms with Crippen LogP contribution >= 0.6 is 0 Å². The molecule has 9 nitrogen and oxygen atoms in total. The molecule has 1 saturated heterocycles.